The Balaban J connectivity index is 2.25. The number of nitrogen functional groups attached to an aromatic ring is 1. The van der Waals surface area contributed by atoms with Crippen LogP contribution in [0.4, 0.5) is 5.00 Å². The van der Waals surface area contributed by atoms with Gasteiger partial charge in [-0.15, -0.1) is 11.3 Å². The monoisotopic (exact) mass is 223 g/mol. The SMILES string of the molecule is N#Cc1c(N)sc2c1CCN(CCO)C2. The van der Waals surface area contributed by atoms with Gasteiger partial charge in [0.2, 0.25) is 0 Å². The lowest BCUT2D eigenvalue weighted by Gasteiger charge is -2.25. The van der Waals surface area contributed by atoms with E-state index in [4.69, 9.17) is 16.1 Å². The lowest BCUT2D eigenvalue weighted by molar-refractivity contribution is 0.186. The Bertz CT molecular complexity index is 408. The minimum absolute atomic E-state index is 0.182. The van der Waals surface area contributed by atoms with Crippen molar-refractivity contribution in [3.05, 3.63) is 16.0 Å². The van der Waals surface area contributed by atoms with Crippen molar-refractivity contribution in [1.29, 1.82) is 5.26 Å². The van der Waals surface area contributed by atoms with Crippen LogP contribution in [0, 0.1) is 11.3 Å². The van der Waals surface area contributed by atoms with E-state index in [0.29, 0.717) is 17.1 Å². The molecule has 0 spiro atoms. The molecule has 15 heavy (non-hydrogen) atoms. The average molecular weight is 223 g/mol. The number of fused-ring (bicyclic) bond motifs is 1. The quantitative estimate of drug-likeness (QED) is 0.768. The first kappa shape index (κ1) is 10.4. The molecule has 0 atom stereocenters. The van der Waals surface area contributed by atoms with Gasteiger partial charge in [-0.05, 0) is 12.0 Å². The molecular weight excluding hydrogens is 210 g/mol. The fourth-order valence-corrected chi connectivity index (χ4v) is 3.04. The van der Waals surface area contributed by atoms with Crippen LogP contribution in [0.5, 0.6) is 0 Å². The molecule has 5 heteroatoms. The first-order chi connectivity index (χ1) is 7.26. The van der Waals surface area contributed by atoms with Gasteiger partial charge in [-0.3, -0.25) is 4.90 Å². The normalized spacial score (nSPS) is 16.0. The summed E-state index contributed by atoms with van der Waals surface area (Å²) in [6, 6.07) is 2.17. The number of hydrogen-bond donors (Lipinski definition) is 2. The van der Waals surface area contributed by atoms with Gasteiger partial charge in [-0.1, -0.05) is 0 Å². The van der Waals surface area contributed by atoms with E-state index in [-0.39, 0.29) is 6.61 Å². The first-order valence-corrected chi connectivity index (χ1v) is 5.71. The molecule has 2 rings (SSSR count). The molecule has 0 bridgehead atoms. The number of rotatable bonds is 2. The van der Waals surface area contributed by atoms with Gasteiger partial charge in [0.05, 0.1) is 12.2 Å². The van der Waals surface area contributed by atoms with E-state index in [1.165, 1.54) is 16.2 Å². The van der Waals surface area contributed by atoms with E-state index < -0.39 is 0 Å². The summed E-state index contributed by atoms with van der Waals surface area (Å²) in [5.74, 6) is 0. The molecule has 1 aromatic heterocycles. The maximum Gasteiger partial charge on any atom is 0.104 e. The average Bonchev–Trinajstić information content (AvgIpc) is 2.53. The predicted octanol–water partition coefficient (Wildman–Crippen LogP) is 0.552. The highest BCUT2D eigenvalue weighted by Crippen LogP contribution is 2.34. The number of thiophene rings is 1. The molecule has 0 aliphatic carbocycles. The fourth-order valence-electron chi connectivity index (χ4n) is 1.93. The summed E-state index contributed by atoms with van der Waals surface area (Å²) in [6.07, 6.45) is 0.867. The van der Waals surface area contributed by atoms with Crippen molar-refractivity contribution in [2.24, 2.45) is 0 Å². The highest BCUT2D eigenvalue weighted by atomic mass is 32.1. The number of aliphatic hydroxyl groups excluding tert-OH is 1. The molecule has 0 saturated heterocycles. The Morgan fingerprint density at radius 2 is 2.40 bits per heavy atom. The third-order valence-corrected chi connectivity index (χ3v) is 3.74. The van der Waals surface area contributed by atoms with Gasteiger partial charge in [0.25, 0.3) is 0 Å². The van der Waals surface area contributed by atoms with E-state index in [2.05, 4.69) is 11.0 Å². The van der Waals surface area contributed by atoms with Crippen LogP contribution in [-0.2, 0) is 13.0 Å². The summed E-state index contributed by atoms with van der Waals surface area (Å²) in [6.45, 7) is 2.59. The van der Waals surface area contributed by atoms with Gasteiger partial charge in [0, 0.05) is 24.5 Å². The van der Waals surface area contributed by atoms with Crippen LogP contribution in [0.1, 0.15) is 16.0 Å². The van der Waals surface area contributed by atoms with Crippen LogP contribution in [-0.4, -0.2) is 29.7 Å². The Labute approximate surface area is 92.5 Å². The number of nitriles is 1. The molecule has 1 aliphatic rings. The van der Waals surface area contributed by atoms with Gasteiger partial charge in [0.15, 0.2) is 0 Å². The molecule has 4 nitrogen and oxygen atoms in total. The number of aliphatic hydroxyl groups is 1. The lowest BCUT2D eigenvalue weighted by Crippen LogP contribution is -2.32. The number of anilines is 1. The Morgan fingerprint density at radius 1 is 1.60 bits per heavy atom. The fraction of sp³-hybridized carbons (Fsp3) is 0.500. The Hall–Kier alpha value is -1.09. The molecule has 0 amide bonds. The van der Waals surface area contributed by atoms with Crippen molar-refractivity contribution in [3.63, 3.8) is 0 Å². The number of nitrogens with two attached hydrogens (primary N) is 1. The van der Waals surface area contributed by atoms with E-state index in [9.17, 15) is 0 Å². The molecule has 0 radical (unpaired) electrons. The van der Waals surface area contributed by atoms with Gasteiger partial charge in [-0.25, -0.2) is 0 Å². The van der Waals surface area contributed by atoms with Crippen LogP contribution in [0.25, 0.3) is 0 Å². The number of hydrogen-bond acceptors (Lipinski definition) is 5. The molecule has 0 saturated carbocycles. The third-order valence-electron chi connectivity index (χ3n) is 2.69. The van der Waals surface area contributed by atoms with Crippen LogP contribution in [0.2, 0.25) is 0 Å². The Kier molecular flexibility index (Phi) is 2.91. The summed E-state index contributed by atoms with van der Waals surface area (Å²) < 4.78 is 0. The van der Waals surface area contributed by atoms with Crippen LogP contribution in [0.15, 0.2) is 0 Å². The zero-order chi connectivity index (χ0) is 10.8. The summed E-state index contributed by atoms with van der Waals surface area (Å²) in [7, 11) is 0. The minimum atomic E-state index is 0.182. The predicted molar refractivity (Wildman–Crippen MR) is 59.5 cm³/mol. The van der Waals surface area contributed by atoms with Crippen molar-refractivity contribution in [1.82, 2.24) is 4.90 Å². The van der Waals surface area contributed by atoms with Crippen LogP contribution < -0.4 is 5.73 Å². The van der Waals surface area contributed by atoms with Crippen molar-refractivity contribution in [2.75, 3.05) is 25.4 Å². The molecule has 80 valence electrons. The second-order valence-corrected chi connectivity index (χ2v) is 4.74. The molecule has 0 aromatic carbocycles. The highest BCUT2D eigenvalue weighted by molar-refractivity contribution is 7.16. The van der Waals surface area contributed by atoms with E-state index >= 15 is 0 Å². The number of nitrogens with zero attached hydrogens (tertiary/aromatic N) is 2. The molecule has 2 heterocycles. The van der Waals surface area contributed by atoms with Gasteiger partial charge < -0.3 is 10.8 Å². The topological polar surface area (TPSA) is 73.3 Å². The highest BCUT2D eigenvalue weighted by Gasteiger charge is 2.22. The number of β-amino-alcohol motifs (C(OH)–C–C–N with tert-alkyl or cyclic N) is 1. The summed E-state index contributed by atoms with van der Waals surface area (Å²) in [4.78, 5) is 3.36. The van der Waals surface area contributed by atoms with Gasteiger partial charge >= 0.3 is 0 Å². The smallest absolute Gasteiger partial charge is 0.104 e. The molecular formula is C10H13N3OS. The standard InChI is InChI=1S/C10H13N3OS/c11-5-8-7-1-2-13(3-4-14)6-9(7)15-10(8)12/h14H,1-4,6,12H2. The molecule has 0 fully saturated rings. The van der Waals surface area contributed by atoms with E-state index in [0.717, 1.165) is 25.1 Å². The molecule has 1 aliphatic heterocycles. The second-order valence-electron chi connectivity index (χ2n) is 3.60. The van der Waals surface area contributed by atoms with Gasteiger partial charge in [0.1, 0.15) is 11.1 Å². The first-order valence-electron chi connectivity index (χ1n) is 4.89. The zero-order valence-corrected chi connectivity index (χ0v) is 9.18. The van der Waals surface area contributed by atoms with E-state index in [1.54, 1.807) is 0 Å². The van der Waals surface area contributed by atoms with Crippen molar-refractivity contribution in [3.8, 4) is 6.07 Å². The Morgan fingerprint density at radius 3 is 3.07 bits per heavy atom. The third kappa shape index (κ3) is 1.84. The van der Waals surface area contributed by atoms with E-state index in [1.807, 2.05) is 0 Å². The zero-order valence-electron chi connectivity index (χ0n) is 8.36. The minimum Gasteiger partial charge on any atom is -0.395 e. The molecule has 0 unspecified atom stereocenters. The van der Waals surface area contributed by atoms with Gasteiger partial charge in [-0.2, -0.15) is 5.26 Å². The maximum atomic E-state index is 8.96. The summed E-state index contributed by atoms with van der Waals surface area (Å²) >= 11 is 1.50. The summed E-state index contributed by atoms with van der Waals surface area (Å²) in [5, 5.41) is 18.4. The molecule has 1 aromatic rings. The van der Waals surface area contributed by atoms with Crippen molar-refractivity contribution >= 4 is 16.3 Å². The van der Waals surface area contributed by atoms with Crippen molar-refractivity contribution in [2.45, 2.75) is 13.0 Å². The summed E-state index contributed by atoms with van der Waals surface area (Å²) in [5.41, 5.74) is 7.56. The maximum absolute atomic E-state index is 8.96. The van der Waals surface area contributed by atoms with Crippen LogP contribution in [0.3, 0.4) is 0 Å². The second kappa shape index (κ2) is 4.19. The largest absolute Gasteiger partial charge is 0.395 e. The molecule has 3 N–H and O–H groups in total. The van der Waals surface area contributed by atoms with Crippen molar-refractivity contribution < 1.29 is 5.11 Å². The lowest BCUT2D eigenvalue weighted by atomic mass is 10.0. The van der Waals surface area contributed by atoms with Crippen LogP contribution >= 0.6 is 11.3 Å².